The van der Waals surface area contributed by atoms with E-state index in [-0.39, 0.29) is 17.9 Å². The summed E-state index contributed by atoms with van der Waals surface area (Å²) >= 11 is 0. The third-order valence-corrected chi connectivity index (χ3v) is 3.68. The number of hydrogen-bond acceptors (Lipinski definition) is 3. The number of carbonyl (C=O) groups excluding carboxylic acids is 1. The van der Waals surface area contributed by atoms with Crippen molar-refractivity contribution in [2.75, 3.05) is 13.1 Å². The number of nitrogens with zero attached hydrogens (tertiary/aromatic N) is 3. The molecule has 0 unspecified atom stereocenters. The van der Waals surface area contributed by atoms with Gasteiger partial charge in [-0.05, 0) is 26.8 Å². The highest BCUT2D eigenvalue weighted by Crippen LogP contribution is 2.14. The fourth-order valence-corrected chi connectivity index (χ4v) is 2.48. The number of aryl methyl sites for hydroxylation is 1. The summed E-state index contributed by atoms with van der Waals surface area (Å²) in [6, 6.07) is 7.34. The third kappa shape index (κ3) is 2.96. The second kappa shape index (κ2) is 6.52. The summed E-state index contributed by atoms with van der Waals surface area (Å²) in [5.41, 5.74) is 0.566. The number of benzene rings is 1. The van der Waals surface area contributed by atoms with Crippen molar-refractivity contribution in [2.45, 2.75) is 33.7 Å². The molecule has 1 heterocycles. The fraction of sp³-hybridized carbons (Fsp3) is 0.438. The third-order valence-electron chi connectivity index (χ3n) is 3.68. The van der Waals surface area contributed by atoms with Gasteiger partial charge in [-0.2, -0.15) is 5.10 Å². The van der Waals surface area contributed by atoms with Gasteiger partial charge in [0, 0.05) is 25.0 Å². The van der Waals surface area contributed by atoms with Gasteiger partial charge in [-0.1, -0.05) is 18.2 Å². The Morgan fingerprint density at radius 3 is 2.33 bits per heavy atom. The SMILES string of the molecule is CCN(CC)C(=O)Cc1nn(CC)c(=O)c2ccccc12. The van der Waals surface area contributed by atoms with Crippen LogP contribution in [0.2, 0.25) is 0 Å². The average Bonchev–Trinajstić information content (AvgIpc) is 2.51. The highest BCUT2D eigenvalue weighted by Gasteiger charge is 2.15. The van der Waals surface area contributed by atoms with Gasteiger partial charge in [-0.15, -0.1) is 0 Å². The molecule has 2 aromatic rings. The number of hydrogen-bond donors (Lipinski definition) is 0. The molecular formula is C16H21N3O2. The van der Waals surface area contributed by atoms with E-state index in [4.69, 9.17) is 0 Å². The number of likely N-dealkylation sites (N-methyl/N-ethyl adjacent to an activating group) is 1. The Kier molecular flexibility index (Phi) is 4.73. The zero-order chi connectivity index (χ0) is 15.4. The van der Waals surface area contributed by atoms with Crippen molar-refractivity contribution >= 4 is 16.7 Å². The summed E-state index contributed by atoms with van der Waals surface area (Å²) < 4.78 is 1.42. The Labute approximate surface area is 124 Å². The lowest BCUT2D eigenvalue weighted by Gasteiger charge is -2.19. The number of fused-ring (bicyclic) bond motifs is 1. The molecule has 1 aromatic heterocycles. The number of rotatable bonds is 5. The van der Waals surface area contributed by atoms with Crippen LogP contribution in [0.3, 0.4) is 0 Å². The lowest BCUT2D eigenvalue weighted by Crippen LogP contribution is -2.33. The van der Waals surface area contributed by atoms with Crippen molar-refractivity contribution < 1.29 is 4.79 Å². The molecule has 1 amide bonds. The van der Waals surface area contributed by atoms with Crippen LogP contribution >= 0.6 is 0 Å². The molecule has 0 saturated heterocycles. The normalized spacial score (nSPS) is 10.8. The van der Waals surface area contributed by atoms with Gasteiger partial charge in [-0.25, -0.2) is 4.68 Å². The second-order valence-corrected chi connectivity index (χ2v) is 4.86. The summed E-state index contributed by atoms with van der Waals surface area (Å²) in [5, 5.41) is 5.76. The Morgan fingerprint density at radius 1 is 1.14 bits per heavy atom. The Morgan fingerprint density at radius 2 is 1.76 bits per heavy atom. The smallest absolute Gasteiger partial charge is 0.274 e. The van der Waals surface area contributed by atoms with Crippen LogP contribution in [0.5, 0.6) is 0 Å². The van der Waals surface area contributed by atoms with Crippen LogP contribution in [0.4, 0.5) is 0 Å². The van der Waals surface area contributed by atoms with E-state index in [2.05, 4.69) is 5.10 Å². The average molecular weight is 287 g/mol. The van der Waals surface area contributed by atoms with E-state index in [1.165, 1.54) is 4.68 Å². The van der Waals surface area contributed by atoms with Crippen molar-refractivity contribution in [1.82, 2.24) is 14.7 Å². The van der Waals surface area contributed by atoms with E-state index < -0.39 is 0 Å². The molecule has 0 radical (unpaired) electrons. The van der Waals surface area contributed by atoms with E-state index >= 15 is 0 Å². The monoisotopic (exact) mass is 287 g/mol. The standard InChI is InChI=1S/C16H21N3O2/c1-4-18(5-2)15(20)11-14-12-9-7-8-10-13(12)16(21)19(6-3)17-14/h7-10H,4-6,11H2,1-3H3. The minimum atomic E-state index is -0.105. The fourth-order valence-electron chi connectivity index (χ4n) is 2.48. The molecule has 0 aliphatic heterocycles. The quantitative estimate of drug-likeness (QED) is 0.843. The Bertz CT molecular complexity index is 702. The maximum absolute atomic E-state index is 12.3. The summed E-state index contributed by atoms with van der Waals surface area (Å²) in [6.07, 6.45) is 0.225. The molecule has 0 spiro atoms. The van der Waals surface area contributed by atoms with Crippen LogP contribution in [0.1, 0.15) is 26.5 Å². The number of carbonyl (C=O) groups is 1. The molecule has 112 valence electrons. The lowest BCUT2D eigenvalue weighted by molar-refractivity contribution is -0.130. The van der Waals surface area contributed by atoms with Crippen LogP contribution in [-0.2, 0) is 17.8 Å². The van der Waals surface area contributed by atoms with Crippen LogP contribution in [0.15, 0.2) is 29.1 Å². The molecule has 2 rings (SSSR count). The molecule has 0 fully saturated rings. The molecule has 21 heavy (non-hydrogen) atoms. The zero-order valence-corrected chi connectivity index (χ0v) is 12.8. The predicted molar refractivity (Wildman–Crippen MR) is 83.3 cm³/mol. The van der Waals surface area contributed by atoms with E-state index in [9.17, 15) is 9.59 Å². The minimum Gasteiger partial charge on any atom is -0.343 e. The van der Waals surface area contributed by atoms with Crippen LogP contribution in [-0.4, -0.2) is 33.7 Å². The topological polar surface area (TPSA) is 55.2 Å². The van der Waals surface area contributed by atoms with Gasteiger partial charge >= 0.3 is 0 Å². The summed E-state index contributed by atoms with van der Waals surface area (Å²) in [4.78, 5) is 26.3. The van der Waals surface area contributed by atoms with Crippen molar-refractivity contribution in [3.8, 4) is 0 Å². The van der Waals surface area contributed by atoms with Crippen LogP contribution in [0.25, 0.3) is 10.8 Å². The van der Waals surface area contributed by atoms with Crippen molar-refractivity contribution in [3.63, 3.8) is 0 Å². The van der Waals surface area contributed by atoms with Gasteiger partial charge < -0.3 is 4.90 Å². The van der Waals surface area contributed by atoms with Crippen molar-refractivity contribution in [2.24, 2.45) is 0 Å². The molecule has 0 N–H and O–H groups in total. The lowest BCUT2D eigenvalue weighted by atomic mass is 10.1. The minimum absolute atomic E-state index is 0.0407. The van der Waals surface area contributed by atoms with Gasteiger partial charge in [0.2, 0.25) is 5.91 Å². The Hall–Kier alpha value is -2.17. The highest BCUT2D eigenvalue weighted by atomic mass is 16.2. The first-order valence-electron chi connectivity index (χ1n) is 7.38. The van der Waals surface area contributed by atoms with E-state index in [0.717, 1.165) is 5.39 Å². The molecule has 0 aliphatic carbocycles. The zero-order valence-electron chi connectivity index (χ0n) is 12.8. The van der Waals surface area contributed by atoms with Gasteiger partial charge in [-0.3, -0.25) is 9.59 Å². The first-order chi connectivity index (χ1) is 10.1. The molecule has 0 bridgehead atoms. The predicted octanol–water partition coefficient (Wildman–Crippen LogP) is 1.83. The maximum atomic E-state index is 12.3. The van der Waals surface area contributed by atoms with E-state index in [0.29, 0.717) is 30.7 Å². The summed E-state index contributed by atoms with van der Waals surface area (Å²) in [5.74, 6) is 0.0407. The van der Waals surface area contributed by atoms with Crippen molar-refractivity contribution in [3.05, 3.63) is 40.3 Å². The summed E-state index contributed by atoms with van der Waals surface area (Å²) in [6.45, 7) is 7.65. The maximum Gasteiger partial charge on any atom is 0.274 e. The van der Waals surface area contributed by atoms with Crippen LogP contribution in [0, 0.1) is 0 Å². The number of aromatic nitrogens is 2. The van der Waals surface area contributed by atoms with Crippen LogP contribution < -0.4 is 5.56 Å². The van der Waals surface area contributed by atoms with Crippen molar-refractivity contribution in [1.29, 1.82) is 0 Å². The summed E-state index contributed by atoms with van der Waals surface area (Å²) in [7, 11) is 0. The molecule has 0 saturated carbocycles. The first kappa shape index (κ1) is 15.2. The first-order valence-corrected chi connectivity index (χ1v) is 7.38. The molecule has 0 aliphatic rings. The van der Waals surface area contributed by atoms with Gasteiger partial charge in [0.1, 0.15) is 0 Å². The highest BCUT2D eigenvalue weighted by molar-refractivity contribution is 5.88. The molecule has 5 nitrogen and oxygen atoms in total. The molecule has 0 atom stereocenters. The van der Waals surface area contributed by atoms with E-state index in [1.54, 1.807) is 11.0 Å². The number of amides is 1. The molecular weight excluding hydrogens is 266 g/mol. The Balaban J connectivity index is 2.51. The van der Waals surface area contributed by atoms with Gasteiger partial charge in [0.05, 0.1) is 17.5 Å². The van der Waals surface area contributed by atoms with Gasteiger partial charge in [0.15, 0.2) is 0 Å². The molecule has 5 heteroatoms. The second-order valence-electron chi connectivity index (χ2n) is 4.86. The largest absolute Gasteiger partial charge is 0.343 e. The van der Waals surface area contributed by atoms with Gasteiger partial charge in [0.25, 0.3) is 5.56 Å². The van der Waals surface area contributed by atoms with E-state index in [1.807, 2.05) is 39.0 Å². The molecule has 1 aromatic carbocycles.